The number of carbonyl (C=O) groups is 1. The van der Waals surface area contributed by atoms with Crippen LogP contribution < -0.4 is 10.1 Å². The number of nitrogens with one attached hydrogen (secondary N) is 1. The van der Waals surface area contributed by atoms with Crippen molar-refractivity contribution < 1.29 is 9.53 Å². The van der Waals surface area contributed by atoms with Crippen molar-refractivity contribution in [2.75, 3.05) is 12.4 Å². The van der Waals surface area contributed by atoms with E-state index in [1.54, 1.807) is 19.3 Å². The SMILES string of the molecule is COc1cc(/C=C(\C#N)C(=O)Nc2cc(C)ccc2C)cc(Br)c1Cc1ccccc1Cl. The summed E-state index contributed by atoms with van der Waals surface area (Å²) in [6, 6.07) is 19.1. The molecule has 0 unspecified atom stereocenters. The molecule has 0 heterocycles. The molecule has 0 bridgehead atoms. The standard InChI is InChI=1S/C26H22BrClN2O2/c1-16-8-9-17(2)24(10-16)30-26(31)20(15-29)11-18-12-22(27)21(25(13-18)32-3)14-19-6-4-5-7-23(19)28/h4-13H,14H2,1-3H3,(H,30,31)/b20-11+. The highest BCUT2D eigenvalue weighted by Crippen LogP contribution is 2.33. The molecular formula is C26H22BrClN2O2. The Bertz CT molecular complexity index is 1250. The van der Waals surface area contributed by atoms with Crippen LogP contribution in [0.1, 0.15) is 27.8 Å². The number of rotatable bonds is 6. The summed E-state index contributed by atoms with van der Waals surface area (Å²) in [7, 11) is 1.59. The molecule has 0 saturated carbocycles. The van der Waals surface area contributed by atoms with Gasteiger partial charge in [0.25, 0.3) is 5.91 Å². The number of amides is 1. The van der Waals surface area contributed by atoms with Gasteiger partial charge in [-0.2, -0.15) is 5.26 Å². The predicted octanol–water partition coefficient (Wildman–Crippen LogP) is 6.86. The molecule has 3 rings (SSSR count). The van der Waals surface area contributed by atoms with E-state index in [0.717, 1.165) is 26.7 Å². The van der Waals surface area contributed by atoms with E-state index in [2.05, 4.69) is 21.2 Å². The number of carbonyl (C=O) groups excluding carboxylic acids is 1. The van der Waals surface area contributed by atoms with E-state index in [0.29, 0.717) is 28.4 Å². The minimum absolute atomic E-state index is 0.00119. The van der Waals surface area contributed by atoms with E-state index < -0.39 is 5.91 Å². The second kappa shape index (κ2) is 10.5. The van der Waals surface area contributed by atoms with Crippen molar-refractivity contribution >= 4 is 45.2 Å². The molecule has 0 aromatic heterocycles. The number of ether oxygens (including phenoxy) is 1. The van der Waals surface area contributed by atoms with Gasteiger partial charge in [-0.25, -0.2) is 0 Å². The number of benzene rings is 3. The number of halogens is 2. The van der Waals surface area contributed by atoms with Gasteiger partial charge in [-0.3, -0.25) is 4.79 Å². The highest BCUT2D eigenvalue weighted by atomic mass is 79.9. The van der Waals surface area contributed by atoms with Crippen LogP contribution >= 0.6 is 27.5 Å². The molecule has 3 aromatic rings. The van der Waals surface area contributed by atoms with Gasteiger partial charge in [0.15, 0.2) is 0 Å². The third-order valence-electron chi connectivity index (χ3n) is 5.04. The molecule has 0 radical (unpaired) electrons. The van der Waals surface area contributed by atoms with Gasteiger partial charge >= 0.3 is 0 Å². The maximum absolute atomic E-state index is 12.7. The zero-order valence-corrected chi connectivity index (χ0v) is 20.3. The van der Waals surface area contributed by atoms with Crippen LogP contribution in [0, 0.1) is 25.2 Å². The zero-order chi connectivity index (χ0) is 23.3. The first-order valence-electron chi connectivity index (χ1n) is 9.92. The van der Waals surface area contributed by atoms with E-state index in [1.165, 1.54) is 0 Å². The molecule has 0 fully saturated rings. The van der Waals surface area contributed by atoms with Crippen molar-refractivity contribution in [1.29, 1.82) is 5.26 Å². The van der Waals surface area contributed by atoms with Gasteiger partial charge in [-0.1, -0.05) is 57.9 Å². The van der Waals surface area contributed by atoms with Gasteiger partial charge in [0.05, 0.1) is 7.11 Å². The fourth-order valence-electron chi connectivity index (χ4n) is 3.28. The minimum atomic E-state index is -0.462. The summed E-state index contributed by atoms with van der Waals surface area (Å²) in [5.74, 6) is 0.175. The van der Waals surface area contributed by atoms with Gasteiger partial charge in [-0.05, 0) is 66.4 Å². The van der Waals surface area contributed by atoms with Crippen LogP contribution in [0.4, 0.5) is 5.69 Å². The van der Waals surface area contributed by atoms with E-state index in [9.17, 15) is 10.1 Å². The zero-order valence-electron chi connectivity index (χ0n) is 18.0. The molecule has 0 aliphatic carbocycles. The Morgan fingerprint density at radius 2 is 1.94 bits per heavy atom. The van der Waals surface area contributed by atoms with E-state index in [4.69, 9.17) is 16.3 Å². The van der Waals surface area contributed by atoms with Crippen LogP contribution in [0.15, 0.2) is 64.6 Å². The maximum Gasteiger partial charge on any atom is 0.266 e. The monoisotopic (exact) mass is 508 g/mol. The highest BCUT2D eigenvalue weighted by Gasteiger charge is 2.15. The number of nitrogens with zero attached hydrogens (tertiary/aromatic N) is 1. The Morgan fingerprint density at radius 3 is 2.62 bits per heavy atom. The first-order chi connectivity index (χ1) is 15.3. The maximum atomic E-state index is 12.7. The molecule has 1 N–H and O–H groups in total. The molecule has 0 aliphatic heterocycles. The van der Waals surface area contributed by atoms with Crippen LogP contribution in [0.5, 0.6) is 5.75 Å². The van der Waals surface area contributed by atoms with E-state index >= 15 is 0 Å². The Morgan fingerprint density at radius 1 is 1.19 bits per heavy atom. The number of hydrogen-bond acceptors (Lipinski definition) is 3. The van der Waals surface area contributed by atoms with Crippen molar-refractivity contribution in [1.82, 2.24) is 0 Å². The molecule has 0 spiro atoms. The second-order valence-electron chi connectivity index (χ2n) is 7.39. The van der Waals surface area contributed by atoms with Crippen molar-refractivity contribution in [2.45, 2.75) is 20.3 Å². The fourth-order valence-corrected chi connectivity index (χ4v) is 4.08. The third kappa shape index (κ3) is 5.59. The number of anilines is 1. The molecule has 4 nitrogen and oxygen atoms in total. The van der Waals surface area contributed by atoms with Gasteiger partial charge in [0.2, 0.25) is 0 Å². The van der Waals surface area contributed by atoms with Gasteiger partial charge in [0.1, 0.15) is 17.4 Å². The summed E-state index contributed by atoms with van der Waals surface area (Å²) in [5.41, 5.74) is 5.21. The summed E-state index contributed by atoms with van der Waals surface area (Å²) in [4.78, 5) is 12.7. The first kappa shape index (κ1) is 23.6. The predicted molar refractivity (Wildman–Crippen MR) is 133 cm³/mol. The molecule has 6 heteroatoms. The lowest BCUT2D eigenvalue weighted by Gasteiger charge is -2.13. The normalized spacial score (nSPS) is 11.1. The Balaban J connectivity index is 1.91. The number of hydrogen-bond donors (Lipinski definition) is 1. The van der Waals surface area contributed by atoms with Crippen LogP contribution in [0.3, 0.4) is 0 Å². The summed E-state index contributed by atoms with van der Waals surface area (Å²) < 4.78 is 6.39. The fraction of sp³-hybridized carbons (Fsp3) is 0.154. The number of nitriles is 1. The molecule has 162 valence electrons. The summed E-state index contributed by atoms with van der Waals surface area (Å²) >= 11 is 9.92. The summed E-state index contributed by atoms with van der Waals surface area (Å²) in [6.07, 6.45) is 2.12. The lowest BCUT2D eigenvalue weighted by Crippen LogP contribution is -2.14. The van der Waals surface area contributed by atoms with Crippen LogP contribution in [-0.4, -0.2) is 13.0 Å². The topological polar surface area (TPSA) is 62.1 Å². The minimum Gasteiger partial charge on any atom is -0.496 e. The smallest absolute Gasteiger partial charge is 0.266 e. The van der Waals surface area contributed by atoms with Gasteiger partial charge in [0, 0.05) is 27.2 Å². The Hall–Kier alpha value is -3.07. The summed E-state index contributed by atoms with van der Waals surface area (Å²) in [5, 5.41) is 13.1. The summed E-state index contributed by atoms with van der Waals surface area (Å²) in [6.45, 7) is 3.86. The van der Waals surface area contributed by atoms with Crippen LogP contribution in [-0.2, 0) is 11.2 Å². The molecule has 32 heavy (non-hydrogen) atoms. The lowest BCUT2D eigenvalue weighted by atomic mass is 10.0. The second-order valence-corrected chi connectivity index (χ2v) is 8.66. The van der Waals surface area contributed by atoms with Gasteiger partial charge in [-0.15, -0.1) is 0 Å². The average molecular weight is 510 g/mol. The van der Waals surface area contributed by atoms with Crippen molar-refractivity contribution in [3.63, 3.8) is 0 Å². The molecule has 1 amide bonds. The molecule has 3 aromatic carbocycles. The van der Waals surface area contributed by atoms with Crippen LogP contribution in [0.2, 0.25) is 5.02 Å². The largest absolute Gasteiger partial charge is 0.496 e. The third-order valence-corrected chi connectivity index (χ3v) is 6.12. The average Bonchev–Trinajstić information content (AvgIpc) is 2.77. The van der Waals surface area contributed by atoms with E-state index in [-0.39, 0.29) is 5.57 Å². The quantitative estimate of drug-likeness (QED) is 0.291. The first-order valence-corrected chi connectivity index (χ1v) is 11.1. The lowest BCUT2D eigenvalue weighted by molar-refractivity contribution is -0.112. The highest BCUT2D eigenvalue weighted by molar-refractivity contribution is 9.10. The Kier molecular flexibility index (Phi) is 7.74. The molecular weight excluding hydrogens is 488 g/mol. The van der Waals surface area contributed by atoms with Crippen molar-refractivity contribution in [3.05, 3.63) is 97.5 Å². The molecule has 0 atom stereocenters. The van der Waals surface area contributed by atoms with Crippen molar-refractivity contribution in [2.24, 2.45) is 0 Å². The molecule has 0 aliphatic rings. The van der Waals surface area contributed by atoms with Crippen molar-refractivity contribution in [3.8, 4) is 11.8 Å². The van der Waals surface area contributed by atoms with Crippen LogP contribution in [0.25, 0.3) is 6.08 Å². The van der Waals surface area contributed by atoms with E-state index in [1.807, 2.05) is 68.4 Å². The van der Waals surface area contributed by atoms with Gasteiger partial charge < -0.3 is 10.1 Å². The Labute approximate surface area is 201 Å². The number of aryl methyl sites for hydroxylation is 2. The molecule has 0 saturated heterocycles. The number of methoxy groups -OCH3 is 1.